The van der Waals surface area contributed by atoms with Crippen LogP contribution in [-0.2, 0) is 11.3 Å². The molecule has 33 heavy (non-hydrogen) atoms. The van der Waals surface area contributed by atoms with Crippen LogP contribution in [0.5, 0.6) is 0 Å². The lowest BCUT2D eigenvalue weighted by Gasteiger charge is -2.26. The maximum absolute atomic E-state index is 14.2. The molecule has 5 N–H and O–H groups in total. The van der Waals surface area contributed by atoms with E-state index in [1.807, 2.05) is 0 Å². The average molecular weight is 453 g/mol. The molecule has 3 aromatic heterocycles. The Hall–Kier alpha value is -4.16. The van der Waals surface area contributed by atoms with Gasteiger partial charge in [-0.05, 0) is 25.1 Å². The normalized spacial score (nSPS) is 13.9. The molecule has 0 aliphatic rings. The number of anilines is 1. The summed E-state index contributed by atoms with van der Waals surface area (Å²) in [5.74, 6) is -1.21. The maximum atomic E-state index is 14.2. The maximum Gasteiger partial charge on any atom is 0.253 e. The fourth-order valence-corrected chi connectivity index (χ4v) is 2.96. The molecule has 11 nitrogen and oxygen atoms in total. The van der Waals surface area contributed by atoms with Crippen LogP contribution in [0.3, 0.4) is 0 Å². The van der Waals surface area contributed by atoms with Crippen LogP contribution in [0.2, 0.25) is 0 Å². The van der Waals surface area contributed by atoms with E-state index in [0.29, 0.717) is 22.6 Å². The van der Waals surface area contributed by atoms with Gasteiger partial charge in [-0.25, -0.2) is 14.4 Å². The third kappa shape index (κ3) is 4.56. The van der Waals surface area contributed by atoms with E-state index in [1.54, 1.807) is 35.0 Å². The lowest BCUT2D eigenvalue weighted by molar-refractivity contribution is -0.144. The van der Waals surface area contributed by atoms with Gasteiger partial charge in [0, 0.05) is 17.8 Å². The van der Waals surface area contributed by atoms with Crippen molar-refractivity contribution >= 4 is 11.7 Å². The number of carbonyl (C=O) groups is 1. The number of benzene rings is 1. The first-order valence-corrected chi connectivity index (χ1v) is 9.78. The molecule has 12 heteroatoms. The summed E-state index contributed by atoms with van der Waals surface area (Å²) in [6.45, 7) is 1.19. The van der Waals surface area contributed by atoms with Crippen LogP contribution in [-0.4, -0.2) is 52.9 Å². The molecular formula is C21H20FN7O4. The summed E-state index contributed by atoms with van der Waals surface area (Å²) < 4.78 is 20.7. The molecule has 170 valence electrons. The van der Waals surface area contributed by atoms with Crippen LogP contribution in [0.4, 0.5) is 10.2 Å². The molecule has 1 amide bonds. The van der Waals surface area contributed by atoms with Crippen molar-refractivity contribution in [3.8, 4) is 22.9 Å². The summed E-state index contributed by atoms with van der Waals surface area (Å²) in [6, 6.07) is 11.1. The van der Waals surface area contributed by atoms with Crippen molar-refractivity contribution in [2.24, 2.45) is 5.73 Å². The van der Waals surface area contributed by atoms with E-state index in [9.17, 15) is 19.4 Å². The summed E-state index contributed by atoms with van der Waals surface area (Å²) >= 11 is 0. The van der Waals surface area contributed by atoms with Crippen LogP contribution in [0.1, 0.15) is 12.5 Å². The number of carbonyl (C=O) groups excluding carboxylic acids is 1. The Morgan fingerprint density at radius 1 is 1.30 bits per heavy atom. The van der Waals surface area contributed by atoms with Crippen LogP contribution in [0.25, 0.3) is 22.9 Å². The van der Waals surface area contributed by atoms with Gasteiger partial charge in [-0.15, -0.1) is 0 Å². The SMILES string of the molecule is CC(O)(C(N)=O)C(O)Nc1ccnc(-c2cc(-c3ccon3)n(Cc3ccccc3F)n2)n1. The number of aliphatic hydroxyl groups excluding tert-OH is 1. The van der Waals surface area contributed by atoms with Gasteiger partial charge in [0.15, 0.2) is 17.7 Å². The lowest BCUT2D eigenvalue weighted by Crippen LogP contribution is -2.54. The predicted molar refractivity (Wildman–Crippen MR) is 114 cm³/mol. The number of hydrogen-bond acceptors (Lipinski definition) is 9. The Bertz CT molecular complexity index is 1270. The quantitative estimate of drug-likeness (QED) is 0.286. The fraction of sp³-hybridized carbons (Fsp3) is 0.190. The summed E-state index contributed by atoms with van der Waals surface area (Å²) in [6.07, 6.45) is 1.09. The topological polar surface area (TPSA) is 165 Å². The fourth-order valence-electron chi connectivity index (χ4n) is 2.96. The van der Waals surface area contributed by atoms with Crippen LogP contribution in [0.15, 0.2) is 59.4 Å². The number of amides is 1. The molecule has 0 spiro atoms. The molecule has 4 rings (SSSR count). The van der Waals surface area contributed by atoms with E-state index < -0.39 is 17.7 Å². The molecule has 0 aliphatic heterocycles. The molecule has 4 aromatic rings. The zero-order valence-electron chi connectivity index (χ0n) is 17.4. The molecule has 0 fully saturated rings. The Morgan fingerprint density at radius 3 is 2.79 bits per heavy atom. The molecule has 0 radical (unpaired) electrons. The lowest BCUT2D eigenvalue weighted by atomic mass is 10.0. The predicted octanol–water partition coefficient (Wildman–Crippen LogP) is 1.15. The minimum absolute atomic E-state index is 0.112. The van der Waals surface area contributed by atoms with Gasteiger partial charge in [0.1, 0.15) is 29.3 Å². The van der Waals surface area contributed by atoms with Crippen molar-refractivity contribution in [3.05, 3.63) is 66.3 Å². The van der Waals surface area contributed by atoms with Crippen molar-refractivity contribution in [2.75, 3.05) is 5.32 Å². The highest BCUT2D eigenvalue weighted by atomic mass is 19.1. The zero-order chi connectivity index (χ0) is 23.6. The van der Waals surface area contributed by atoms with Crippen molar-refractivity contribution in [2.45, 2.75) is 25.3 Å². The third-order valence-electron chi connectivity index (χ3n) is 4.96. The van der Waals surface area contributed by atoms with Crippen LogP contribution >= 0.6 is 0 Å². The monoisotopic (exact) mass is 453 g/mol. The van der Waals surface area contributed by atoms with Crippen molar-refractivity contribution in [1.82, 2.24) is 24.9 Å². The standard InChI is InChI=1S/C21H20FN7O4/c1-21(32,19(23)30)20(31)26-17-6-8-24-18(25-17)15-10-16(14-7-9-33-28-14)29(27-15)11-12-4-2-3-5-13(12)22/h2-10,20,31-32H,11H2,1H3,(H2,23,30)(H,24,25,26). The average Bonchev–Trinajstić information content (AvgIpc) is 3.45. The van der Waals surface area contributed by atoms with Gasteiger partial charge in [-0.1, -0.05) is 23.4 Å². The first-order valence-electron chi connectivity index (χ1n) is 9.78. The Kier molecular flexibility index (Phi) is 5.85. The van der Waals surface area contributed by atoms with Gasteiger partial charge in [-0.3, -0.25) is 9.48 Å². The van der Waals surface area contributed by atoms with E-state index in [1.165, 1.54) is 24.6 Å². The summed E-state index contributed by atoms with van der Waals surface area (Å²) in [5.41, 5.74) is 4.66. The molecule has 0 aliphatic carbocycles. The molecule has 0 saturated carbocycles. The minimum Gasteiger partial charge on any atom is -0.376 e. The van der Waals surface area contributed by atoms with Crippen molar-refractivity contribution in [3.63, 3.8) is 0 Å². The second-order valence-corrected chi connectivity index (χ2v) is 7.37. The summed E-state index contributed by atoms with van der Waals surface area (Å²) in [7, 11) is 0. The van der Waals surface area contributed by atoms with Crippen molar-refractivity contribution < 1.29 is 23.9 Å². The number of aromatic nitrogens is 5. The summed E-state index contributed by atoms with van der Waals surface area (Å²) in [4.78, 5) is 19.8. The smallest absolute Gasteiger partial charge is 0.253 e. The molecule has 0 bridgehead atoms. The Morgan fingerprint density at radius 2 is 2.09 bits per heavy atom. The third-order valence-corrected chi connectivity index (χ3v) is 4.96. The van der Waals surface area contributed by atoms with E-state index in [2.05, 4.69) is 25.5 Å². The second kappa shape index (κ2) is 8.76. The highest BCUT2D eigenvalue weighted by Crippen LogP contribution is 2.25. The molecule has 3 heterocycles. The number of hydrogen-bond donors (Lipinski definition) is 4. The molecule has 1 aromatic carbocycles. The van der Waals surface area contributed by atoms with Gasteiger partial charge in [0.2, 0.25) is 0 Å². The van der Waals surface area contributed by atoms with Gasteiger partial charge in [0.25, 0.3) is 5.91 Å². The molecule has 2 unspecified atom stereocenters. The Balaban J connectivity index is 1.68. The highest BCUT2D eigenvalue weighted by molar-refractivity contribution is 5.83. The van der Waals surface area contributed by atoms with E-state index in [-0.39, 0.29) is 24.0 Å². The number of nitrogens with two attached hydrogens (primary N) is 1. The number of primary amides is 1. The molecular weight excluding hydrogens is 433 g/mol. The largest absolute Gasteiger partial charge is 0.376 e. The van der Waals surface area contributed by atoms with Gasteiger partial charge in [-0.2, -0.15) is 5.10 Å². The van der Waals surface area contributed by atoms with E-state index in [4.69, 9.17) is 10.3 Å². The molecule has 2 atom stereocenters. The minimum atomic E-state index is -2.23. The van der Waals surface area contributed by atoms with Crippen LogP contribution < -0.4 is 11.1 Å². The number of nitrogens with zero attached hydrogens (tertiary/aromatic N) is 5. The summed E-state index contributed by atoms with van der Waals surface area (Å²) in [5, 5.41) is 31.1. The zero-order valence-corrected chi connectivity index (χ0v) is 17.4. The number of rotatable bonds is 8. The van der Waals surface area contributed by atoms with Gasteiger partial charge < -0.3 is 25.8 Å². The van der Waals surface area contributed by atoms with E-state index in [0.717, 1.165) is 6.92 Å². The second-order valence-electron chi connectivity index (χ2n) is 7.37. The van der Waals surface area contributed by atoms with Gasteiger partial charge >= 0.3 is 0 Å². The Labute approximate surface area is 186 Å². The highest BCUT2D eigenvalue weighted by Gasteiger charge is 2.37. The number of halogens is 1. The van der Waals surface area contributed by atoms with Crippen molar-refractivity contribution in [1.29, 1.82) is 0 Å². The number of nitrogens with one attached hydrogen (secondary N) is 1. The van der Waals surface area contributed by atoms with Gasteiger partial charge in [0.05, 0.1) is 12.2 Å². The van der Waals surface area contributed by atoms with E-state index >= 15 is 0 Å². The first kappa shape index (κ1) is 22.0. The van der Waals surface area contributed by atoms with Crippen LogP contribution in [0, 0.1) is 5.82 Å². The molecule has 0 saturated heterocycles. The number of aliphatic hydroxyl groups is 2. The first-order chi connectivity index (χ1) is 15.8.